The van der Waals surface area contributed by atoms with Crippen molar-refractivity contribution >= 4 is 28.5 Å². The summed E-state index contributed by atoms with van der Waals surface area (Å²) in [6.07, 6.45) is 2.57. The number of imidazole rings is 1. The first-order chi connectivity index (χ1) is 13.1. The van der Waals surface area contributed by atoms with E-state index in [2.05, 4.69) is 16.0 Å². The van der Waals surface area contributed by atoms with Crippen molar-refractivity contribution in [2.45, 2.75) is 32.7 Å². The van der Waals surface area contributed by atoms with Crippen molar-refractivity contribution < 1.29 is 9.53 Å². The molecule has 3 rings (SSSR count). The highest BCUT2D eigenvalue weighted by Crippen LogP contribution is 2.19. The molecule has 0 bridgehead atoms. The number of nitrogens with zero attached hydrogens (tertiary/aromatic N) is 2. The van der Waals surface area contributed by atoms with E-state index in [9.17, 15) is 4.79 Å². The summed E-state index contributed by atoms with van der Waals surface area (Å²) in [5, 5.41) is 3.54. The van der Waals surface area contributed by atoms with Gasteiger partial charge in [-0.25, -0.2) is 4.98 Å². The Hall–Kier alpha value is -2.53. The lowest BCUT2D eigenvalue weighted by molar-refractivity contribution is -0.118. The molecule has 0 radical (unpaired) electrons. The molecule has 1 heterocycles. The predicted octanol–water partition coefficient (Wildman–Crippen LogP) is 4.23. The number of fused-ring (bicyclic) bond motifs is 1. The maximum Gasteiger partial charge on any atom is 0.216 e. The van der Waals surface area contributed by atoms with Gasteiger partial charge in [-0.15, -0.1) is 0 Å². The lowest BCUT2D eigenvalue weighted by Gasteiger charge is -2.11. The zero-order valence-electron chi connectivity index (χ0n) is 15.5. The molecule has 1 N–H and O–H groups in total. The Morgan fingerprint density at radius 2 is 1.93 bits per heavy atom. The Balaban J connectivity index is 1.60. The molecule has 0 fully saturated rings. The number of aromatic nitrogens is 2. The molecule has 5 nitrogen and oxygen atoms in total. The van der Waals surface area contributed by atoms with Crippen LogP contribution in [-0.4, -0.2) is 28.6 Å². The maximum atomic E-state index is 11.0. The van der Waals surface area contributed by atoms with Gasteiger partial charge in [0.25, 0.3) is 0 Å². The van der Waals surface area contributed by atoms with E-state index < -0.39 is 0 Å². The predicted molar refractivity (Wildman–Crippen MR) is 108 cm³/mol. The van der Waals surface area contributed by atoms with Crippen LogP contribution in [0.3, 0.4) is 0 Å². The number of carbonyl (C=O) groups is 1. The van der Waals surface area contributed by atoms with E-state index in [0.29, 0.717) is 18.2 Å². The Bertz CT molecular complexity index is 890. The molecular formula is C21H24ClN3O2. The third-order valence-corrected chi connectivity index (χ3v) is 4.55. The summed E-state index contributed by atoms with van der Waals surface area (Å²) < 4.78 is 8.05. The van der Waals surface area contributed by atoms with Gasteiger partial charge in [-0.2, -0.15) is 0 Å². The summed E-state index contributed by atoms with van der Waals surface area (Å²) in [5.74, 6) is 1.88. The van der Waals surface area contributed by atoms with Crippen LogP contribution in [0.1, 0.15) is 25.6 Å². The second-order valence-corrected chi connectivity index (χ2v) is 6.85. The minimum atomic E-state index is 0.00264. The van der Waals surface area contributed by atoms with Gasteiger partial charge in [0.15, 0.2) is 0 Å². The first-order valence-corrected chi connectivity index (χ1v) is 9.58. The molecule has 0 spiro atoms. The van der Waals surface area contributed by atoms with Crippen molar-refractivity contribution in [1.82, 2.24) is 14.9 Å². The van der Waals surface area contributed by atoms with Gasteiger partial charge < -0.3 is 14.6 Å². The molecule has 0 unspecified atom stereocenters. The number of rotatable bonds is 9. The number of amides is 1. The minimum absolute atomic E-state index is 0.00264. The maximum absolute atomic E-state index is 11.0. The van der Waals surface area contributed by atoms with Crippen LogP contribution in [0.25, 0.3) is 11.0 Å². The van der Waals surface area contributed by atoms with E-state index in [0.717, 1.165) is 48.4 Å². The fourth-order valence-corrected chi connectivity index (χ4v) is 3.15. The van der Waals surface area contributed by atoms with Gasteiger partial charge in [0.1, 0.15) is 11.6 Å². The van der Waals surface area contributed by atoms with Crippen LogP contribution in [0.15, 0.2) is 48.5 Å². The molecule has 6 heteroatoms. The number of hydrogen-bond donors (Lipinski definition) is 1. The van der Waals surface area contributed by atoms with Crippen molar-refractivity contribution in [3.8, 4) is 5.75 Å². The zero-order chi connectivity index (χ0) is 19.1. The number of hydrogen-bond acceptors (Lipinski definition) is 3. The Kier molecular flexibility index (Phi) is 6.71. The molecule has 0 saturated heterocycles. The van der Waals surface area contributed by atoms with E-state index in [1.165, 1.54) is 6.92 Å². The van der Waals surface area contributed by atoms with Crippen molar-refractivity contribution in [1.29, 1.82) is 0 Å². The summed E-state index contributed by atoms with van der Waals surface area (Å²) in [5.41, 5.74) is 2.14. The smallest absolute Gasteiger partial charge is 0.216 e. The SMILES string of the molecule is CC(=O)NCCCc1nc2ccccc2n1CCCOc1ccc(Cl)cc1. The minimum Gasteiger partial charge on any atom is -0.494 e. The molecular weight excluding hydrogens is 362 g/mol. The van der Waals surface area contributed by atoms with Crippen LogP contribution in [0.2, 0.25) is 5.02 Å². The van der Waals surface area contributed by atoms with Crippen LogP contribution in [0, 0.1) is 0 Å². The van der Waals surface area contributed by atoms with Crippen LogP contribution >= 0.6 is 11.6 Å². The summed E-state index contributed by atoms with van der Waals surface area (Å²) in [4.78, 5) is 15.8. The fourth-order valence-electron chi connectivity index (χ4n) is 3.02. The number of carbonyl (C=O) groups excluding carboxylic acids is 1. The molecule has 142 valence electrons. The van der Waals surface area contributed by atoms with E-state index in [4.69, 9.17) is 21.3 Å². The molecule has 0 aliphatic rings. The fraction of sp³-hybridized carbons (Fsp3) is 0.333. The monoisotopic (exact) mass is 385 g/mol. The van der Waals surface area contributed by atoms with E-state index in [1.54, 1.807) is 0 Å². The van der Waals surface area contributed by atoms with Gasteiger partial charge in [0, 0.05) is 31.5 Å². The molecule has 0 atom stereocenters. The van der Waals surface area contributed by atoms with Gasteiger partial charge in [-0.05, 0) is 49.2 Å². The molecule has 0 aliphatic carbocycles. The number of nitrogens with one attached hydrogen (secondary N) is 1. The largest absolute Gasteiger partial charge is 0.494 e. The number of benzene rings is 2. The van der Waals surface area contributed by atoms with E-state index in [1.807, 2.05) is 42.5 Å². The topological polar surface area (TPSA) is 56.2 Å². The lowest BCUT2D eigenvalue weighted by Crippen LogP contribution is -2.21. The van der Waals surface area contributed by atoms with Crippen LogP contribution in [0.4, 0.5) is 0 Å². The third-order valence-electron chi connectivity index (χ3n) is 4.29. The summed E-state index contributed by atoms with van der Waals surface area (Å²) >= 11 is 5.89. The molecule has 1 aromatic heterocycles. The summed E-state index contributed by atoms with van der Waals surface area (Å²) in [6.45, 7) is 3.66. The van der Waals surface area contributed by atoms with Gasteiger partial charge in [-0.3, -0.25) is 4.79 Å². The molecule has 3 aromatic rings. The standard InChI is InChI=1S/C21H24ClN3O2/c1-16(26)23-13-4-8-21-24-19-6-2-3-7-20(19)25(21)14-5-15-27-18-11-9-17(22)10-12-18/h2-3,6-7,9-12H,4-5,8,13-15H2,1H3,(H,23,26). The first-order valence-electron chi connectivity index (χ1n) is 9.20. The van der Waals surface area contributed by atoms with Crippen LogP contribution < -0.4 is 10.1 Å². The summed E-state index contributed by atoms with van der Waals surface area (Å²) in [7, 11) is 0. The van der Waals surface area contributed by atoms with Crippen LogP contribution in [-0.2, 0) is 17.8 Å². The first kappa shape index (κ1) is 19.2. The third kappa shape index (κ3) is 5.47. The molecule has 2 aromatic carbocycles. The van der Waals surface area contributed by atoms with Gasteiger partial charge in [0.05, 0.1) is 17.6 Å². The molecule has 1 amide bonds. The average Bonchev–Trinajstić information content (AvgIpc) is 3.01. The highest BCUT2D eigenvalue weighted by molar-refractivity contribution is 6.30. The quantitative estimate of drug-likeness (QED) is 0.561. The van der Waals surface area contributed by atoms with Gasteiger partial charge >= 0.3 is 0 Å². The second kappa shape index (κ2) is 9.42. The average molecular weight is 386 g/mol. The number of ether oxygens (including phenoxy) is 1. The van der Waals surface area contributed by atoms with Crippen molar-refractivity contribution in [2.24, 2.45) is 0 Å². The Labute approximate surface area is 164 Å². The van der Waals surface area contributed by atoms with Crippen molar-refractivity contribution in [3.05, 3.63) is 59.4 Å². The summed E-state index contributed by atoms with van der Waals surface area (Å²) in [6, 6.07) is 15.6. The molecule has 0 aliphatic heterocycles. The van der Waals surface area contributed by atoms with Gasteiger partial charge in [0.2, 0.25) is 5.91 Å². The Morgan fingerprint density at radius 1 is 1.15 bits per heavy atom. The van der Waals surface area contributed by atoms with Crippen LogP contribution in [0.5, 0.6) is 5.75 Å². The Morgan fingerprint density at radius 3 is 2.70 bits per heavy atom. The zero-order valence-corrected chi connectivity index (χ0v) is 16.2. The van der Waals surface area contributed by atoms with Crippen molar-refractivity contribution in [2.75, 3.05) is 13.2 Å². The van der Waals surface area contributed by atoms with Gasteiger partial charge in [-0.1, -0.05) is 23.7 Å². The highest BCUT2D eigenvalue weighted by Gasteiger charge is 2.10. The molecule has 27 heavy (non-hydrogen) atoms. The molecule has 0 saturated carbocycles. The number of aryl methyl sites for hydroxylation is 2. The second-order valence-electron chi connectivity index (χ2n) is 6.41. The number of para-hydroxylation sites is 2. The highest BCUT2D eigenvalue weighted by atomic mass is 35.5. The normalized spacial score (nSPS) is 10.9. The van der Waals surface area contributed by atoms with Crippen molar-refractivity contribution in [3.63, 3.8) is 0 Å². The lowest BCUT2D eigenvalue weighted by atomic mass is 10.3. The number of halogens is 1. The van der Waals surface area contributed by atoms with E-state index >= 15 is 0 Å². The van der Waals surface area contributed by atoms with E-state index in [-0.39, 0.29) is 5.91 Å².